The zero-order chi connectivity index (χ0) is 46.5. The highest BCUT2D eigenvalue weighted by Crippen LogP contribution is 2.18. The van der Waals surface area contributed by atoms with Crippen molar-refractivity contribution < 1.29 is 20.1 Å². The van der Waals surface area contributed by atoms with E-state index in [0.29, 0.717) is 12.8 Å². The van der Waals surface area contributed by atoms with Crippen LogP contribution in [0.2, 0.25) is 0 Å². The van der Waals surface area contributed by atoms with Crippen molar-refractivity contribution in [1.82, 2.24) is 5.32 Å². The molecule has 0 fully saturated rings. The van der Waals surface area contributed by atoms with Gasteiger partial charge >= 0.3 is 0 Å². The molecule has 0 aromatic rings. The fourth-order valence-electron chi connectivity index (χ4n) is 9.30. The number of carbonyl (C=O) groups is 1. The third kappa shape index (κ3) is 48.8. The first-order valence-corrected chi connectivity index (χ1v) is 29.1. The number of nitrogens with one attached hydrogen (secondary N) is 1. The molecule has 5 nitrogen and oxygen atoms in total. The van der Waals surface area contributed by atoms with Gasteiger partial charge in [-0.2, -0.15) is 0 Å². The molecular weight excluding hydrogens is 787 g/mol. The van der Waals surface area contributed by atoms with E-state index in [9.17, 15) is 20.1 Å². The van der Waals surface area contributed by atoms with Crippen LogP contribution in [-0.2, 0) is 4.79 Å². The number of hydrogen-bond donors (Lipinski definition) is 4. The van der Waals surface area contributed by atoms with E-state index in [1.54, 1.807) is 0 Å². The summed E-state index contributed by atoms with van der Waals surface area (Å²) in [5.41, 5.74) is 0. The van der Waals surface area contributed by atoms with Crippen LogP contribution >= 0.6 is 0 Å². The predicted molar refractivity (Wildman–Crippen MR) is 282 cm³/mol. The van der Waals surface area contributed by atoms with Gasteiger partial charge in [0, 0.05) is 6.42 Å². The van der Waals surface area contributed by atoms with Crippen LogP contribution in [0.25, 0.3) is 0 Å². The summed E-state index contributed by atoms with van der Waals surface area (Å²) < 4.78 is 0. The van der Waals surface area contributed by atoms with Crippen LogP contribution < -0.4 is 5.32 Å². The highest BCUT2D eigenvalue weighted by atomic mass is 16.3. The van der Waals surface area contributed by atoms with Crippen LogP contribution in [0.15, 0.2) is 24.3 Å². The number of carbonyl (C=O) groups excluding carboxylic acids is 1. The highest BCUT2D eigenvalue weighted by molar-refractivity contribution is 5.76. The number of amides is 1. The summed E-state index contributed by atoms with van der Waals surface area (Å²) >= 11 is 0. The third-order valence-corrected chi connectivity index (χ3v) is 13.8. The number of rotatable bonds is 54. The lowest BCUT2D eigenvalue weighted by atomic mass is 10.0. The minimum absolute atomic E-state index is 0.152. The molecule has 0 rings (SSSR count). The molecule has 0 saturated carbocycles. The molecule has 1 amide bonds. The maximum absolute atomic E-state index is 12.5. The van der Waals surface area contributed by atoms with Crippen LogP contribution in [0.5, 0.6) is 0 Å². The molecule has 0 bridgehead atoms. The van der Waals surface area contributed by atoms with Gasteiger partial charge in [0.15, 0.2) is 0 Å². The van der Waals surface area contributed by atoms with Crippen molar-refractivity contribution in [2.24, 2.45) is 0 Å². The lowest BCUT2D eigenvalue weighted by molar-refractivity contribution is -0.124. The molecule has 0 spiro atoms. The Balaban J connectivity index is 3.49. The molecule has 64 heavy (non-hydrogen) atoms. The quantitative estimate of drug-likeness (QED) is 0.0362. The van der Waals surface area contributed by atoms with Crippen molar-refractivity contribution in [2.75, 3.05) is 6.61 Å². The van der Waals surface area contributed by atoms with Crippen LogP contribution in [0, 0.1) is 0 Å². The fraction of sp³-hybridized carbons (Fsp3) is 0.915. The van der Waals surface area contributed by atoms with E-state index in [0.717, 1.165) is 44.9 Å². The molecule has 380 valence electrons. The van der Waals surface area contributed by atoms with Gasteiger partial charge in [-0.15, -0.1) is 0 Å². The Morgan fingerprint density at radius 2 is 0.641 bits per heavy atom. The first kappa shape index (κ1) is 62.8. The molecular formula is C59H115NO4. The minimum atomic E-state index is -1.16. The minimum Gasteiger partial charge on any atom is -0.394 e. The molecule has 0 aliphatic rings. The number of allylic oxidation sites excluding steroid dienone is 4. The standard InChI is InChI=1S/C59H115NO4/c1-3-5-7-9-11-13-15-17-19-21-22-23-24-25-26-27-28-29-30-31-32-33-34-35-36-38-40-42-44-46-48-50-52-54-58(63)60-56(55-61)59(64)57(62)53-51-49-47-45-43-41-39-37-20-18-16-14-12-10-8-6-4-2/h37,39,45,47,56-57,59,61-62,64H,3-36,38,40-44,46,48-55H2,1-2H3,(H,60,63)/b39-37+,47-45+. The predicted octanol–water partition coefficient (Wildman–Crippen LogP) is 18.1. The van der Waals surface area contributed by atoms with E-state index in [4.69, 9.17) is 0 Å². The highest BCUT2D eigenvalue weighted by Gasteiger charge is 2.26. The van der Waals surface area contributed by atoms with E-state index >= 15 is 0 Å². The summed E-state index contributed by atoms with van der Waals surface area (Å²) in [6.07, 6.45) is 69.3. The lowest BCUT2D eigenvalue weighted by Crippen LogP contribution is -2.50. The molecule has 5 heteroatoms. The van der Waals surface area contributed by atoms with Gasteiger partial charge < -0.3 is 20.6 Å². The Hall–Kier alpha value is -1.17. The first-order valence-electron chi connectivity index (χ1n) is 29.1. The van der Waals surface area contributed by atoms with Crippen LogP contribution in [0.4, 0.5) is 0 Å². The van der Waals surface area contributed by atoms with Gasteiger partial charge in [0.1, 0.15) is 6.10 Å². The molecule has 4 N–H and O–H groups in total. The second-order valence-electron chi connectivity index (χ2n) is 20.2. The van der Waals surface area contributed by atoms with E-state index in [-0.39, 0.29) is 12.5 Å². The Morgan fingerprint density at radius 1 is 0.375 bits per heavy atom. The van der Waals surface area contributed by atoms with Crippen molar-refractivity contribution in [1.29, 1.82) is 0 Å². The Kier molecular flexibility index (Phi) is 53.4. The molecule has 3 unspecified atom stereocenters. The maximum Gasteiger partial charge on any atom is 0.220 e. The summed E-state index contributed by atoms with van der Waals surface area (Å²) in [4.78, 5) is 12.5. The Bertz CT molecular complexity index is 951. The van der Waals surface area contributed by atoms with Crippen molar-refractivity contribution in [3.63, 3.8) is 0 Å². The monoisotopic (exact) mass is 902 g/mol. The van der Waals surface area contributed by atoms with Gasteiger partial charge in [-0.25, -0.2) is 0 Å². The summed E-state index contributed by atoms with van der Waals surface area (Å²) in [7, 11) is 0. The van der Waals surface area contributed by atoms with E-state index in [2.05, 4.69) is 43.5 Å². The molecule has 0 aromatic carbocycles. The van der Waals surface area contributed by atoms with Crippen molar-refractivity contribution in [3.8, 4) is 0 Å². The van der Waals surface area contributed by atoms with Crippen LogP contribution in [0.1, 0.15) is 322 Å². The summed E-state index contributed by atoms with van der Waals surface area (Å²) in [5.74, 6) is -0.152. The van der Waals surface area contributed by atoms with Crippen molar-refractivity contribution in [2.45, 2.75) is 340 Å². The zero-order valence-corrected chi connectivity index (χ0v) is 43.4. The topological polar surface area (TPSA) is 89.8 Å². The molecule has 0 saturated heterocycles. The SMILES string of the molecule is CCCCCCCCCC/C=C/CC/C=C/CCCC(O)C(O)C(CO)NC(=O)CCCCCCCCCCCCCCCCCCCCCCCCCCCCCCCCCCC. The molecule has 3 atom stereocenters. The van der Waals surface area contributed by atoms with Gasteiger partial charge in [-0.1, -0.05) is 289 Å². The smallest absolute Gasteiger partial charge is 0.220 e. The van der Waals surface area contributed by atoms with Gasteiger partial charge in [-0.05, 0) is 51.4 Å². The van der Waals surface area contributed by atoms with Gasteiger partial charge in [0.2, 0.25) is 5.91 Å². The molecule has 0 aromatic heterocycles. The summed E-state index contributed by atoms with van der Waals surface area (Å²) in [6.45, 7) is 4.19. The number of aliphatic hydroxyl groups is 3. The molecule has 0 aliphatic heterocycles. The third-order valence-electron chi connectivity index (χ3n) is 13.8. The lowest BCUT2D eigenvalue weighted by Gasteiger charge is -2.26. The normalized spacial score (nSPS) is 13.4. The maximum atomic E-state index is 12.5. The number of unbranched alkanes of at least 4 members (excludes halogenated alkanes) is 42. The number of aliphatic hydroxyl groups excluding tert-OH is 3. The van der Waals surface area contributed by atoms with E-state index < -0.39 is 18.2 Å². The van der Waals surface area contributed by atoms with Crippen molar-refractivity contribution >= 4 is 5.91 Å². The van der Waals surface area contributed by atoms with Gasteiger partial charge in [0.05, 0.1) is 18.8 Å². The zero-order valence-electron chi connectivity index (χ0n) is 43.4. The molecule has 0 heterocycles. The largest absolute Gasteiger partial charge is 0.394 e. The first-order chi connectivity index (χ1) is 31.6. The average molecular weight is 903 g/mol. The molecule has 0 aliphatic carbocycles. The van der Waals surface area contributed by atoms with E-state index in [1.807, 2.05) is 0 Å². The average Bonchev–Trinajstić information content (AvgIpc) is 3.30. The van der Waals surface area contributed by atoms with E-state index in [1.165, 1.54) is 250 Å². The molecule has 0 radical (unpaired) electrons. The second kappa shape index (κ2) is 54.4. The van der Waals surface area contributed by atoms with Crippen LogP contribution in [0.3, 0.4) is 0 Å². The summed E-state index contributed by atoms with van der Waals surface area (Å²) in [5, 5.41) is 33.7. The van der Waals surface area contributed by atoms with Crippen molar-refractivity contribution in [3.05, 3.63) is 24.3 Å². The van der Waals surface area contributed by atoms with Gasteiger partial charge in [-0.3, -0.25) is 4.79 Å². The van der Waals surface area contributed by atoms with Gasteiger partial charge in [0.25, 0.3) is 0 Å². The van der Waals surface area contributed by atoms with Crippen LogP contribution in [-0.4, -0.2) is 46.1 Å². The summed E-state index contributed by atoms with van der Waals surface area (Å²) in [6, 6.07) is -0.830. The second-order valence-corrected chi connectivity index (χ2v) is 20.2. The Morgan fingerprint density at radius 3 is 0.953 bits per heavy atom. The number of hydrogen-bond acceptors (Lipinski definition) is 4. The Labute approximate surface area is 401 Å². The fourth-order valence-corrected chi connectivity index (χ4v) is 9.30.